The summed E-state index contributed by atoms with van der Waals surface area (Å²) in [6.45, 7) is 3.80. The first-order valence-corrected chi connectivity index (χ1v) is 10.5. The van der Waals surface area contributed by atoms with Crippen molar-refractivity contribution in [3.63, 3.8) is 0 Å². The minimum atomic E-state index is -0.651. The van der Waals surface area contributed by atoms with Crippen LogP contribution in [0.2, 0.25) is 0 Å². The number of amides is 2. The Morgan fingerprint density at radius 3 is 2.44 bits per heavy atom. The van der Waals surface area contributed by atoms with Crippen LogP contribution < -0.4 is 15.0 Å². The number of ether oxygens (including phenoxy) is 1. The van der Waals surface area contributed by atoms with Crippen molar-refractivity contribution in [1.29, 1.82) is 0 Å². The van der Waals surface area contributed by atoms with E-state index in [0.717, 1.165) is 11.1 Å². The number of non-ortho nitro benzene ring substituents is 1. The van der Waals surface area contributed by atoms with Gasteiger partial charge in [0.15, 0.2) is 5.11 Å². The quantitative estimate of drug-likeness (QED) is 0.191. The zero-order valence-electron chi connectivity index (χ0n) is 18.4. The van der Waals surface area contributed by atoms with Crippen LogP contribution in [0.25, 0.3) is 17.4 Å². The third kappa shape index (κ3) is 4.30. The Labute approximate surface area is 199 Å². The topological polar surface area (TPSA) is 115 Å². The fraction of sp³-hybridized carbons (Fsp3) is 0.125. The molecule has 1 aliphatic rings. The highest BCUT2D eigenvalue weighted by molar-refractivity contribution is 7.80. The molecule has 9 nitrogen and oxygen atoms in total. The fourth-order valence-corrected chi connectivity index (χ4v) is 3.97. The summed E-state index contributed by atoms with van der Waals surface area (Å²) < 4.78 is 11.1. The van der Waals surface area contributed by atoms with Gasteiger partial charge in [0.25, 0.3) is 17.5 Å². The minimum absolute atomic E-state index is 0.0152. The Hall–Kier alpha value is -4.31. The molecule has 1 fully saturated rings. The number of furan rings is 1. The highest BCUT2D eigenvalue weighted by Crippen LogP contribution is 2.35. The number of nitro benzene ring substituents is 1. The number of carbonyl (C=O) groups is 2. The van der Waals surface area contributed by atoms with E-state index < -0.39 is 16.7 Å². The number of hydrogen-bond acceptors (Lipinski definition) is 7. The Bertz CT molecular complexity index is 1370. The van der Waals surface area contributed by atoms with E-state index >= 15 is 0 Å². The molecule has 4 rings (SSSR count). The number of methoxy groups -OCH3 is 1. The molecule has 0 bridgehead atoms. The SMILES string of the molecule is COc1ccc([N+](=O)[O-])cc1-c1ccc(/C=C2/C(=O)NC(=S)N(c3cc(C)cc(C)c3)C2=O)o1. The van der Waals surface area contributed by atoms with Crippen molar-refractivity contribution < 1.29 is 23.7 Å². The van der Waals surface area contributed by atoms with E-state index in [-0.39, 0.29) is 27.9 Å². The van der Waals surface area contributed by atoms with E-state index in [1.807, 2.05) is 19.9 Å². The molecule has 2 amide bonds. The molecule has 34 heavy (non-hydrogen) atoms. The van der Waals surface area contributed by atoms with Gasteiger partial charge < -0.3 is 9.15 Å². The lowest BCUT2D eigenvalue weighted by Gasteiger charge is -2.29. The number of rotatable bonds is 5. The molecule has 1 aliphatic heterocycles. The zero-order valence-corrected chi connectivity index (χ0v) is 19.3. The Morgan fingerprint density at radius 1 is 1.09 bits per heavy atom. The van der Waals surface area contributed by atoms with E-state index in [4.69, 9.17) is 21.4 Å². The number of nitrogens with zero attached hydrogens (tertiary/aromatic N) is 2. The molecule has 0 spiro atoms. The first-order valence-electron chi connectivity index (χ1n) is 10.1. The summed E-state index contributed by atoms with van der Waals surface area (Å²) in [5.41, 5.74) is 2.48. The van der Waals surface area contributed by atoms with Gasteiger partial charge in [0.05, 0.1) is 23.3 Å². The molecule has 0 saturated carbocycles. The average Bonchev–Trinajstić information content (AvgIpc) is 3.24. The van der Waals surface area contributed by atoms with Crippen LogP contribution in [0.1, 0.15) is 16.9 Å². The van der Waals surface area contributed by atoms with Gasteiger partial charge in [0, 0.05) is 12.1 Å². The third-order valence-electron chi connectivity index (χ3n) is 5.14. The maximum atomic E-state index is 13.2. The summed E-state index contributed by atoms with van der Waals surface area (Å²) in [6.07, 6.45) is 1.31. The maximum absolute atomic E-state index is 13.2. The Balaban J connectivity index is 1.72. The van der Waals surface area contributed by atoms with Crippen molar-refractivity contribution in [2.45, 2.75) is 13.8 Å². The molecule has 172 valence electrons. The van der Waals surface area contributed by atoms with Crippen LogP contribution in [-0.2, 0) is 9.59 Å². The van der Waals surface area contributed by atoms with Gasteiger partial charge in [-0.05, 0) is 73.6 Å². The molecule has 0 unspecified atom stereocenters. The predicted molar refractivity (Wildman–Crippen MR) is 129 cm³/mol. The van der Waals surface area contributed by atoms with Crippen LogP contribution in [0, 0.1) is 24.0 Å². The van der Waals surface area contributed by atoms with Gasteiger partial charge in [0.2, 0.25) is 0 Å². The van der Waals surface area contributed by atoms with Gasteiger partial charge in [-0.2, -0.15) is 0 Å². The molecule has 1 N–H and O–H groups in total. The number of nitrogens with one attached hydrogen (secondary N) is 1. The number of thiocarbonyl (C=S) groups is 1. The van der Waals surface area contributed by atoms with Crippen LogP contribution in [0.3, 0.4) is 0 Å². The smallest absolute Gasteiger partial charge is 0.270 e. The van der Waals surface area contributed by atoms with Crippen LogP contribution in [-0.4, -0.2) is 29.0 Å². The second-order valence-electron chi connectivity index (χ2n) is 7.65. The van der Waals surface area contributed by atoms with Crippen LogP contribution in [0.5, 0.6) is 5.75 Å². The molecule has 0 aliphatic carbocycles. The van der Waals surface area contributed by atoms with E-state index in [2.05, 4.69) is 5.32 Å². The van der Waals surface area contributed by atoms with E-state index in [1.165, 1.54) is 36.3 Å². The normalized spacial score (nSPS) is 15.0. The van der Waals surface area contributed by atoms with Crippen LogP contribution in [0.15, 0.2) is 58.5 Å². The maximum Gasteiger partial charge on any atom is 0.270 e. The number of benzene rings is 2. The summed E-state index contributed by atoms with van der Waals surface area (Å²) in [7, 11) is 1.44. The lowest BCUT2D eigenvalue weighted by Crippen LogP contribution is -2.54. The van der Waals surface area contributed by atoms with Gasteiger partial charge in [0.1, 0.15) is 22.8 Å². The monoisotopic (exact) mass is 477 g/mol. The number of nitro groups is 1. The number of hydrogen-bond donors (Lipinski definition) is 1. The molecular weight excluding hydrogens is 458 g/mol. The predicted octanol–water partition coefficient (Wildman–Crippen LogP) is 4.31. The molecule has 2 aromatic carbocycles. The first-order chi connectivity index (χ1) is 16.2. The lowest BCUT2D eigenvalue weighted by molar-refractivity contribution is -0.384. The van der Waals surface area contributed by atoms with Crippen molar-refractivity contribution >= 4 is 46.6 Å². The number of anilines is 1. The summed E-state index contributed by atoms with van der Waals surface area (Å²) in [5.74, 6) is -0.392. The largest absolute Gasteiger partial charge is 0.496 e. The van der Waals surface area contributed by atoms with Gasteiger partial charge >= 0.3 is 0 Å². The molecule has 1 saturated heterocycles. The second kappa shape index (κ2) is 8.91. The van der Waals surface area contributed by atoms with Crippen LogP contribution in [0.4, 0.5) is 11.4 Å². The average molecular weight is 477 g/mol. The standard InChI is InChI=1S/C24H19N3O6S/c1-13-8-14(2)10-16(9-13)26-23(29)19(22(28)25-24(26)34)12-17-5-7-21(33-17)18-11-15(27(30)31)4-6-20(18)32-3/h4-12H,1-3H3,(H,25,28,34)/b19-12-. The van der Waals surface area contributed by atoms with Crippen molar-refractivity contribution in [3.05, 3.63) is 81.1 Å². The summed E-state index contributed by atoms with van der Waals surface area (Å²) >= 11 is 5.25. The molecule has 0 atom stereocenters. The van der Waals surface area contributed by atoms with Crippen molar-refractivity contribution in [2.75, 3.05) is 12.0 Å². The Morgan fingerprint density at radius 2 is 1.79 bits per heavy atom. The molecule has 0 radical (unpaired) electrons. The third-order valence-corrected chi connectivity index (χ3v) is 5.42. The highest BCUT2D eigenvalue weighted by Gasteiger charge is 2.35. The molecule has 10 heteroatoms. The molecule has 3 aromatic rings. The van der Waals surface area contributed by atoms with Gasteiger partial charge in [-0.3, -0.25) is 29.9 Å². The highest BCUT2D eigenvalue weighted by atomic mass is 32.1. The molecular formula is C24H19N3O6S. The fourth-order valence-electron chi connectivity index (χ4n) is 3.69. The summed E-state index contributed by atoms with van der Waals surface area (Å²) in [5, 5.41) is 13.7. The summed E-state index contributed by atoms with van der Waals surface area (Å²) in [6, 6.07) is 12.8. The second-order valence-corrected chi connectivity index (χ2v) is 8.03. The van der Waals surface area contributed by atoms with Gasteiger partial charge in [-0.1, -0.05) is 6.07 Å². The van der Waals surface area contributed by atoms with Crippen molar-refractivity contribution in [1.82, 2.24) is 5.32 Å². The number of carbonyl (C=O) groups excluding carboxylic acids is 2. The Kier molecular flexibility index (Phi) is 5.99. The minimum Gasteiger partial charge on any atom is -0.496 e. The molecule has 2 heterocycles. The van der Waals surface area contributed by atoms with E-state index in [1.54, 1.807) is 24.3 Å². The van der Waals surface area contributed by atoms with Gasteiger partial charge in [-0.15, -0.1) is 0 Å². The van der Waals surface area contributed by atoms with E-state index in [9.17, 15) is 19.7 Å². The molecule has 1 aromatic heterocycles. The van der Waals surface area contributed by atoms with Crippen molar-refractivity contribution in [2.24, 2.45) is 0 Å². The van der Waals surface area contributed by atoms with Gasteiger partial charge in [-0.25, -0.2) is 0 Å². The van der Waals surface area contributed by atoms with Crippen molar-refractivity contribution in [3.8, 4) is 17.1 Å². The first kappa shape index (κ1) is 22.9. The number of aryl methyl sites for hydroxylation is 2. The van der Waals surface area contributed by atoms with E-state index in [0.29, 0.717) is 17.0 Å². The lowest BCUT2D eigenvalue weighted by atomic mass is 10.1. The van der Waals surface area contributed by atoms with Crippen LogP contribution >= 0.6 is 12.2 Å². The zero-order chi connectivity index (χ0) is 24.6. The summed E-state index contributed by atoms with van der Waals surface area (Å²) in [4.78, 5) is 37.7.